The summed E-state index contributed by atoms with van der Waals surface area (Å²) in [5, 5.41) is 13.7. The van der Waals surface area contributed by atoms with Crippen molar-refractivity contribution in [2.45, 2.75) is 26.1 Å². The number of anilines is 2. The number of nitrogens with zero attached hydrogens (tertiary/aromatic N) is 4. The number of benzene rings is 1. The highest BCUT2D eigenvalue weighted by Gasteiger charge is 2.25. The van der Waals surface area contributed by atoms with Crippen LogP contribution in [0.25, 0.3) is 21.7 Å². The molecule has 2 aromatic heterocycles. The molecular weight excluding hydrogens is 506 g/mol. The summed E-state index contributed by atoms with van der Waals surface area (Å²) in [6, 6.07) is 5.17. The number of halogens is 3. The van der Waals surface area contributed by atoms with Crippen molar-refractivity contribution in [3.63, 3.8) is 0 Å². The van der Waals surface area contributed by atoms with Crippen LogP contribution in [-0.2, 0) is 6.67 Å². The number of alkyl halides is 1. The van der Waals surface area contributed by atoms with Crippen molar-refractivity contribution in [1.82, 2.24) is 15.3 Å². The van der Waals surface area contributed by atoms with Crippen molar-refractivity contribution >= 4 is 55.5 Å². The van der Waals surface area contributed by atoms with Gasteiger partial charge in [-0.3, -0.25) is 0 Å². The molecule has 1 fully saturated rings. The van der Waals surface area contributed by atoms with E-state index in [0.717, 1.165) is 24.3 Å². The lowest BCUT2D eigenvalue weighted by Crippen LogP contribution is -2.50. The van der Waals surface area contributed by atoms with Crippen LogP contribution in [0.3, 0.4) is 0 Å². The number of nitrogen functional groups attached to an aromatic ring is 1. The lowest BCUT2D eigenvalue weighted by molar-refractivity contribution is 0.363. The Labute approximate surface area is 216 Å². The molecule has 1 saturated heterocycles. The van der Waals surface area contributed by atoms with Gasteiger partial charge in [0, 0.05) is 35.1 Å². The number of nitrogens with two attached hydrogens (primary N) is 1. The molecule has 1 atom stereocenters. The molecule has 11 heteroatoms. The third-order valence-corrected chi connectivity index (χ3v) is 7.52. The van der Waals surface area contributed by atoms with Gasteiger partial charge in [-0.2, -0.15) is 15.2 Å². The number of fused-ring (bicyclic) bond motifs is 1. The predicted octanol–water partition coefficient (Wildman–Crippen LogP) is 5.24. The van der Waals surface area contributed by atoms with Gasteiger partial charge in [0.1, 0.15) is 29.4 Å². The molecular formula is C25H25ClF2N6OS. The molecule has 7 nitrogen and oxygen atoms in total. The van der Waals surface area contributed by atoms with Gasteiger partial charge in [-0.15, -0.1) is 11.3 Å². The van der Waals surface area contributed by atoms with Gasteiger partial charge in [0.05, 0.1) is 23.1 Å². The van der Waals surface area contributed by atoms with Crippen LogP contribution in [0.5, 0.6) is 6.01 Å². The standard InChI is InChI=1S/C25H25ClF2N6OS/c1-4-34(12-14-7-8-31-14)24-16(20(10-27)32-25(33-24)35-3)9-18(26)13(2)15-5-6-19(28)22-21(15)17(11-29)23(30)36-22/h5-6,9,14,31H,2,4,7-8,10,12,30H2,1,3H3/b18-9+. The minimum Gasteiger partial charge on any atom is -0.467 e. The van der Waals surface area contributed by atoms with Gasteiger partial charge in [-0.05, 0) is 43.2 Å². The fourth-order valence-corrected chi connectivity index (χ4v) is 5.25. The van der Waals surface area contributed by atoms with E-state index in [0.29, 0.717) is 47.0 Å². The van der Waals surface area contributed by atoms with Gasteiger partial charge >= 0.3 is 6.01 Å². The normalized spacial score (nSPS) is 15.4. The molecule has 0 radical (unpaired) electrons. The number of hydrogen-bond donors (Lipinski definition) is 2. The van der Waals surface area contributed by atoms with Crippen molar-refractivity contribution in [1.29, 1.82) is 5.26 Å². The first-order valence-electron chi connectivity index (χ1n) is 11.3. The minimum absolute atomic E-state index is 0.0532. The summed E-state index contributed by atoms with van der Waals surface area (Å²) in [5.74, 6) is -0.00741. The summed E-state index contributed by atoms with van der Waals surface area (Å²) in [6.07, 6.45) is 2.59. The average Bonchev–Trinajstić information content (AvgIpc) is 3.20. The lowest BCUT2D eigenvalue weighted by Gasteiger charge is -2.34. The maximum Gasteiger partial charge on any atom is 0.318 e. The van der Waals surface area contributed by atoms with Crippen molar-refractivity contribution in [3.05, 3.63) is 51.9 Å². The topological polar surface area (TPSA) is 100 Å². The molecule has 4 rings (SSSR count). The second-order valence-electron chi connectivity index (χ2n) is 8.23. The van der Waals surface area contributed by atoms with Gasteiger partial charge in [-0.25, -0.2) is 8.78 Å². The van der Waals surface area contributed by atoms with Crippen LogP contribution in [0.1, 0.15) is 35.7 Å². The Bertz CT molecular complexity index is 1400. The first-order chi connectivity index (χ1) is 17.3. The number of nitrogens with one attached hydrogen (secondary N) is 1. The number of methoxy groups -OCH3 is 1. The maximum absolute atomic E-state index is 14.5. The Balaban J connectivity index is 1.83. The van der Waals surface area contributed by atoms with E-state index in [-0.39, 0.29) is 32.0 Å². The number of nitriles is 1. The second-order valence-corrected chi connectivity index (χ2v) is 9.69. The van der Waals surface area contributed by atoms with Gasteiger partial charge < -0.3 is 20.7 Å². The highest BCUT2D eigenvalue weighted by Crippen LogP contribution is 2.41. The Morgan fingerprint density at radius 2 is 2.22 bits per heavy atom. The zero-order valence-electron chi connectivity index (χ0n) is 19.9. The molecule has 0 spiro atoms. The number of allylic oxidation sites excluding steroid dienone is 2. The number of aromatic nitrogens is 2. The number of thiophene rings is 1. The summed E-state index contributed by atoms with van der Waals surface area (Å²) < 4.78 is 34.1. The van der Waals surface area contributed by atoms with E-state index < -0.39 is 12.5 Å². The molecule has 188 valence electrons. The number of ether oxygens (including phenoxy) is 1. The largest absolute Gasteiger partial charge is 0.467 e. The molecule has 1 unspecified atom stereocenters. The highest BCUT2D eigenvalue weighted by atomic mass is 35.5. The maximum atomic E-state index is 14.5. The molecule has 36 heavy (non-hydrogen) atoms. The van der Waals surface area contributed by atoms with E-state index in [1.54, 1.807) is 6.08 Å². The Kier molecular flexibility index (Phi) is 7.73. The molecule has 1 aromatic carbocycles. The fourth-order valence-electron chi connectivity index (χ4n) is 4.09. The van der Waals surface area contributed by atoms with Crippen molar-refractivity contribution < 1.29 is 13.5 Å². The van der Waals surface area contributed by atoms with Crippen LogP contribution < -0.4 is 20.7 Å². The van der Waals surface area contributed by atoms with E-state index in [2.05, 4.69) is 21.9 Å². The van der Waals surface area contributed by atoms with E-state index in [9.17, 15) is 14.0 Å². The second kappa shape index (κ2) is 10.8. The predicted molar refractivity (Wildman–Crippen MR) is 141 cm³/mol. The minimum atomic E-state index is -0.867. The molecule has 0 aliphatic carbocycles. The SMILES string of the molecule is C=C(/C(Cl)=C\c1c(CF)nc(OC)nc1N(CC)CC1CCN1)c1ccc(F)c2sc(N)c(C#N)c12. The van der Waals surface area contributed by atoms with E-state index in [1.807, 2.05) is 17.9 Å². The van der Waals surface area contributed by atoms with E-state index >= 15 is 0 Å². The Hall–Kier alpha value is -3.26. The molecule has 1 aliphatic rings. The first-order valence-corrected chi connectivity index (χ1v) is 12.5. The lowest BCUT2D eigenvalue weighted by atomic mass is 9.98. The first kappa shape index (κ1) is 25.8. The van der Waals surface area contributed by atoms with Crippen LogP contribution >= 0.6 is 22.9 Å². The molecule has 3 aromatic rings. The van der Waals surface area contributed by atoms with Crippen molar-refractivity contribution in [3.8, 4) is 12.1 Å². The number of hydrogen-bond acceptors (Lipinski definition) is 8. The molecule has 0 amide bonds. The molecule has 0 saturated carbocycles. The van der Waals surface area contributed by atoms with Crippen molar-refractivity contribution in [2.24, 2.45) is 0 Å². The molecule has 3 heterocycles. The van der Waals surface area contributed by atoms with E-state index in [4.69, 9.17) is 22.1 Å². The number of rotatable bonds is 9. The van der Waals surface area contributed by atoms with Crippen LogP contribution in [-0.4, -0.2) is 42.8 Å². The summed E-state index contributed by atoms with van der Waals surface area (Å²) in [7, 11) is 1.42. The third-order valence-electron chi connectivity index (χ3n) is 6.16. The summed E-state index contributed by atoms with van der Waals surface area (Å²) in [6.45, 7) is 7.44. The molecule has 3 N–H and O–H groups in total. The van der Waals surface area contributed by atoms with Crippen LogP contribution in [0.4, 0.5) is 19.6 Å². The van der Waals surface area contributed by atoms with Gasteiger partial charge in [0.25, 0.3) is 0 Å². The smallest absolute Gasteiger partial charge is 0.318 e. The monoisotopic (exact) mass is 530 g/mol. The van der Waals surface area contributed by atoms with Crippen molar-refractivity contribution in [2.75, 3.05) is 37.4 Å². The Morgan fingerprint density at radius 1 is 1.47 bits per heavy atom. The third kappa shape index (κ3) is 4.74. The van der Waals surface area contributed by atoms with Crippen LogP contribution in [0.15, 0.2) is 23.7 Å². The quantitative estimate of drug-likeness (QED) is 0.365. The summed E-state index contributed by atoms with van der Waals surface area (Å²) in [5.41, 5.74) is 7.42. The zero-order valence-corrected chi connectivity index (χ0v) is 21.4. The summed E-state index contributed by atoms with van der Waals surface area (Å²) >= 11 is 7.72. The molecule has 0 bridgehead atoms. The fraction of sp³-hybridized carbons (Fsp3) is 0.320. The van der Waals surface area contributed by atoms with Crippen LogP contribution in [0.2, 0.25) is 0 Å². The van der Waals surface area contributed by atoms with E-state index in [1.165, 1.54) is 19.2 Å². The number of likely N-dealkylation sites (N-methyl/N-ethyl adjacent to an activating group) is 1. The van der Waals surface area contributed by atoms with Gasteiger partial charge in [-0.1, -0.05) is 24.2 Å². The summed E-state index contributed by atoms with van der Waals surface area (Å²) in [4.78, 5) is 10.7. The van der Waals surface area contributed by atoms with Gasteiger partial charge in [0.2, 0.25) is 0 Å². The molecule has 1 aliphatic heterocycles. The highest BCUT2D eigenvalue weighted by molar-refractivity contribution is 7.23. The van der Waals surface area contributed by atoms with Gasteiger partial charge in [0.15, 0.2) is 0 Å². The average molecular weight is 531 g/mol. The van der Waals surface area contributed by atoms with Crippen LogP contribution in [0, 0.1) is 17.1 Å². The zero-order chi connectivity index (χ0) is 26.0. The Morgan fingerprint density at radius 3 is 2.81 bits per heavy atom.